The number of halogens is 2. The summed E-state index contributed by atoms with van der Waals surface area (Å²) in [6.07, 6.45) is 1.62. The van der Waals surface area contributed by atoms with Crippen molar-refractivity contribution in [3.63, 3.8) is 0 Å². The van der Waals surface area contributed by atoms with Crippen molar-refractivity contribution in [2.45, 2.75) is 12.6 Å². The third-order valence-corrected chi connectivity index (χ3v) is 4.52. The Hall–Kier alpha value is -0.720. The smallest absolute Gasteiger partial charge is 0.173 e. The zero-order chi connectivity index (χ0) is 12.5. The molecular weight excluding hydrogens is 309 g/mol. The maximum atomic E-state index is 13.2. The summed E-state index contributed by atoms with van der Waals surface area (Å²) in [5.41, 5.74) is 0.781. The van der Waals surface area contributed by atoms with E-state index in [4.69, 9.17) is 0 Å². The summed E-state index contributed by atoms with van der Waals surface area (Å²) >= 11 is 3.08. The SMILES string of the molecule is O=S1(=O)C=CC(NCc2ccc(Br)c(F)c2)C1. The predicted octanol–water partition coefficient (Wildman–Crippen LogP) is 1.99. The standard InChI is InChI=1S/C11H11BrFNO2S/c12-10-2-1-8(5-11(10)13)6-14-9-3-4-17(15,16)7-9/h1-5,9,14H,6-7H2. The number of hydrogen-bond donors (Lipinski definition) is 1. The third kappa shape index (κ3) is 3.37. The fourth-order valence-corrected chi connectivity index (χ4v) is 3.12. The Labute approximate surface area is 108 Å². The Morgan fingerprint density at radius 3 is 2.82 bits per heavy atom. The van der Waals surface area contributed by atoms with Crippen LogP contribution in [0.5, 0.6) is 0 Å². The first-order valence-electron chi connectivity index (χ1n) is 5.04. The molecule has 17 heavy (non-hydrogen) atoms. The lowest BCUT2D eigenvalue weighted by Gasteiger charge is -2.10. The highest BCUT2D eigenvalue weighted by molar-refractivity contribution is 9.10. The van der Waals surface area contributed by atoms with E-state index in [0.29, 0.717) is 11.0 Å². The summed E-state index contributed by atoms with van der Waals surface area (Å²) in [7, 11) is -3.04. The highest BCUT2D eigenvalue weighted by atomic mass is 79.9. The molecule has 2 rings (SSSR count). The highest BCUT2D eigenvalue weighted by Gasteiger charge is 2.20. The molecule has 1 unspecified atom stereocenters. The topological polar surface area (TPSA) is 46.2 Å². The van der Waals surface area contributed by atoms with Gasteiger partial charge in [-0.1, -0.05) is 12.1 Å². The summed E-state index contributed by atoms with van der Waals surface area (Å²) in [6, 6.07) is 4.65. The van der Waals surface area contributed by atoms with Gasteiger partial charge < -0.3 is 5.32 Å². The first-order valence-corrected chi connectivity index (χ1v) is 7.55. The molecule has 1 atom stereocenters. The van der Waals surface area contributed by atoms with Gasteiger partial charge in [-0.15, -0.1) is 0 Å². The normalized spacial score (nSPS) is 21.9. The quantitative estimate of drug-likeness (QED) is 0.926. The molecule has 1 aromatic carbocycles. The molecule has 0 amide bonds. The van der Waals surface area contributed by atoms with Crippen LogP contribution in [0.25, 0.3) is 0 Å². The van der Waals surface area contributed by atoms with Crippen LogP contribution in [-0.2, 0) is 16.4 Å². The van der Waals surface area contributed by atoms with Gasteiger partial charge in [0.25, 0.3) is 0 Å². The van der Waals surface area contributed by atoms with Crippen molar-refractivity contribution in [3.05, 3.63) is 45.5 Å². The Morgan fingerprint density at radius 2 is 2.24 bits per heavy atom. The van der Waals surface area contributed by atoms with Gasteiger partial charge in [-0.3, -0.25) is 0 Å². The van der Waals surface area contributed by atoms with E-state index in [1.807, 2.05) is 0 Å². The van der Waals surface area contributed by atoms with Gasteiger partial charge in [-0.2, -0.15) is 0 Å². The number of hydrogen-bond acceptors (Lipinski definition) is 3. The van der Waals surface area contributed by atoms with E-state index in [9.17, 15) is 12.8 Å². The fraction of sp³-hybridized carbons (Fsp3) is 0.273. The van der Waals surface area contributed by atoms with Crippen molar-refractivity contribution in [3.8, 4) is 0 Å². The van der Waals surface area contributed by atoms with E-state index >= 15 is 0 Å². The number of rotatable bonds is 3. The van der Waals surface area contributed by atoms with Crippen LogP contribution in [0.3, 0.4) is 0 Å². The zero-order valence-corrected chi connectivity index (χ0v) is 11.3. The second-order valence-corrected chi connectivity index (χ2v) is 6.68. The first kappa shape index (κ1) is 12.7. The molecule has 0 bridgehead atoms. The number of sulfone groups is 1. The minimum atomic E-state index is -3.04. The lowest BCUT2D eigenvalue weighted by molar-refractivity contribution is 0.587. The summed E-state index contributed by atoms with van der Waals surface area (Å²) in [6.45, 7) is 0.439. The van der Waals surface area contributed by atoms with E-state index < -0.39 is 9.84 Å². The molecule has 0 radical (unpaired) electrons. The van der Waals surface area contributed by atoms with Gasteiger partial charge in [0.05, 0.1) is 10.2 Å². The van der Waals surface area contributed by atoms with Gasteiger partial charge >= 0.3 is 0 Å². The van der Waals surface area contributed by atoms with Crippen molar-refractivity contribution in [1.29, 1.82) is 0 Å². The lowest BCUT2D eigenvalue weighted by Crippen LogP contribution is -2.29. The molecule has 1 aliphatic heterocycles. The zero-order valence-electron chi connectivity index (χ0n) is 8.86. The summed E-state index contributed by atoms with van der Waals surface area (Å²) in [4.78, 5) is 0. The van der Waals surface area contributed by atoms with E-state index in [-0.39, 0.29) is 17.6 Å². The van der Waals surface area contributed by atoms with Crippen molar-refractivity contribution in [2.75, 3.05) is 5.75 Å². The van der Waals surface area contributed by atoms with Crippen LogP contribution < -0.4 is 5.32 Å². The Morgan fingerprint density at radius 1 is 1.47 bits per heavy atom. The van der Waals surface area contributed by atoms with E-state index in [0.717, 1.165) is 5.56 Å². The van der Waals surface area contributed by atoms with Crippen LogP contribution in [0.4, 0.5) is 4.39 Å². The second kappa shape index (κ2) is 4.88. The summed E-state index contributed by atoms with van der Waals surface area (Å²) in [5.74, 6) is -0.245. The minimum absolute atomic E-state index is 0.0754. The fourth-order valence-electron chi connectivity index (χ4n) is 1.60. The van der Waals surface area contributed by atoms with Crippen molar-refractivity contribution < 1.29 is 12.8 Å². The largest absolute Gasteiger partial charge is 0.305 e. The summed E-state index contributed by atoms with van der Waals surface area (Å²) in [5, 5.41) is 4.27. The van der Waals surface area contributed by atoms with Crippen LogP contribution in [0, 0.1) is 5.82 Å². The Balaban J connectivity index is 1.95. The summed E-state index contributed by atoms with van der Waals surface area (Å²) < 4.78 is 36.0. The molecule has 1 heterocycles. The molecule has 6 heteroatoms. The second-order valence-electron chi connectivity index (χ2n) is 3.89. The molecule has 0 spiro atoms. The van der Waals surface area contributed by atoms with Gasteiger partial charge in [0, 0.05) is 18.0 Å². The Bertz CT molecular complexity index is 557. The lowest BCUT2D eigenvalue weighted by atomic mass is 10.2. The molecule has 0 aromatic heterocycles. The molecular formula is C11H11BrFNO2S. The van der Waals surface area contributed by atoms with E-state index in [2.05, 4.69) is 21.2 Å². The van der Waals surface area contributed by atoms with Gasteiger partial charge in [0.1, 0.15) is 5.82 Å². The van der Waals surface area contributed by atoms with Crippen LogP contribution in [-0.4, -0.2) is 20.2 Å². The van der Waals surface area contributed by atoms with E-state index in [1.165, 1.54) is 11.5 Å². The van der Waals surface area contributed by atoms with Gasteiger partial charge in [-0.25, -0.2) is 12.8 Å². The molecule has 1 N–H and O–H groups in total. The molecule has 0 saturated heterocycles. The van der Waals surface area contributed by atoms with Crippen LogP contribution in [0.2, 0.25) is 0 Å². The predicted molar refractivity (Wildman–Crippen MR) is 67.7 cm³/mol. The monoisotopic (exact) mass is 319 g/mol. The third-order valence-electron chi connectivity index (χ3n) is 2.48. The van der Waals surface area contributed by atoms with Crippen molar-refractivity contribution >= 4 is 25.8 Å². The number of benzene rings is 1. The highest BCUT2D eigenvalue weighted by Crippen LogP contribution is 2.16. The average molecular weight is 320 g/mol. The van der Waals surface area contributed by atoms with Crippen LogP contribution in [0.15, 0.2) is 34.2 Å². The van der Waals surface area contributed by atoms with Gasteiger partial charge in [0.2, 0.25) is 0 Å². The maximum absolute atomic E-state index is 13.2. The Kier molecular flexibility index (Phi) is 3.65. The van der Waals surface area contributed by atoms with Crippen molar-refractivity contribution in [1.82, 2.24) is 5.32 Å². The molecule has 0 saturated carbocycles. The van der Waals surface area contributed by atoms with Crippen LogP contribution in [0.1, 0.15) is 5.56 Å². The number of nitrogens with one attached hydrogen (secondary N) is 1. The van der Waals surface area contributed by atoms with E-state index in [1.54, 1.807) is 18.2 Å². The molecule has 92 valence electrons. The molecule has 0 aliphatic carbocycles. The van der Waals surface area contributed by atoms with Gasteiger partial charge in [-0.05, 0) is 33.6 Å². The average Bonchev–Trinajstić information content (AvgIpc) is 2.60. The molecule has 0 fully saturated rings. The minimum Gasteiger partial charge on any atom is -0.305 e. The molecule has 3 nitrogen and oxygen atoms in total. The molecule has 1 aliphatic rings. The van der Waals surface area contributed by atoms with Crippen LogP contribution >= 0.6 is 15.9 Å². The first-order chi connectivity index (χ1) is 7.96. The van der Waals surface area contributed by atoms with Crippen molar-refractivity contribution in [2.24, 2.45) is 0 Å². The maximum Gasteiger partial charge on any atom is 0.173 e. The molecule has 1 aromatic rings. The van der Waals surface area contributed by atoms with Gasteiger partial charge in [0.15, 0.2) is 9.84 Å².